The Kier molecular flexibility index (Phi) is 7.43. The van der Waals surface area contributed by atoms with E-state index < -0.39 is 0 Å². The Morgan fingerprint density at radius 3 is 1.44 bits per heavy atom. The number of para-hydroxylation sites is 3. The minimum atomic E-state index is 0.875. The fourth-order valence-electron chi connectivity index (χ4n) is 10.8. The van der Waals surface area contributed by atoms with Gasteiger partial charge in [-0.2, -0.15) is 0 Å². The zero-order valence-electron chi connectivity index (χ0n) is 34.6. The molecule has 0 aliphatic carbocycles. The van der Waals surface area contributed by atoms with Crippen molar-refractivity contribution >= 4 is 97.7 Å². The van der Waals surface area contributed by atoms with Crippen molar-refractivity contribution in [2.24, 2.45) is 0 Å². The van der Waals surface area contributed by atoms with Crippen LogP contribution in [0.5, 0.6) is 0 Å². The van der Waals surface area contributed by atoms with Crippen LogP contribution in [-0.4, -0.2) is 0 Å². The van der Waals surface area contributed by atoms with Crippen LogP contribution in [0.4, 0.5) is 0 Å². The molecule has 14 rings (SSSR count). The SMILES string of the molecule is c1ccc2cc3c(ccc4c(-c5c6ccccc6c(-c6ccc(-c7ccc(-c8cccc9c8oc8ccccc89)cc7)c7c6oc6ccccc67)c6ccccc56)cccc43)cc2c1. The molecule has 14 aromatic rings. The lowest BCUT2D eigenvalue weighted by Gasteiger charge is -2.19. The van der Waals surface area contributed by atoms with Gasteiger partial charge in [0.05, 0.1) is 0 Å². The van der Waals surface area contributed by atoms with Crippen LogP contribution in [0, 0.1) is 0 Å². The molecule has 0 saturated heterocycles. The van der Waals surface area contributed by atoms with E-state index >= 15 is 0 Å². The molecule has 0 N–H and O–H groups in total. The van der Waals surface area contributed by atoms with Crippen LogP contribution in [-0.2, 0) is 0 Å². The van der Waals surface area contributed by atoms with E-state index in [9.17, 15) is 0 Å². The van der Waals surface area contributed by atoms with E-state index in [0.717, 1.165) is 71.7 Å². The molecule has 2 aromatic heterocycles. The first-order chi connectivity index (χ1) is 31.7. The van der Waals surface area contributed by atoms with E-state index in [1.165, 1.54) is 70.6 Å². The van der Waals surface area contributed by atoms with E-state index in [0.29, 0.717) is 0 Å². The van der Waals surface area contributed by atoms with Gasteiger partial charge in [-0.15, -0.1) is 0 Å². The Hall–Kier alpha value is -8.46. The summed E-state index contributed by atoms with van der Waals surface area (Å²) in [6.45, 7) is 0. The second kappa shape index (κ2) is 13.5. The summed E-state index contributed by atoms with van der Waals surface area (Å²) in [5.41, 5.74) is 12.8. The predicted molar refractivity (Wildman–Crippen MR) is 270 cm³/mol. The minimum Gasteiger partial charge on any atom is -0.455 e. The highest BCUT2D eigenvalue weighted by Gasteiger charge is 2.23. The van der Waals surface area contributed by atoms with Gasteiger partial charge in [-0.25, -0.2) is 0 Å². The fourth-order valence-corrected chi connectivity index (χ4v) is 10.8. The number of fused-ring (bicyclic) bond motifs is 12. The molecule has 64 heavy (non-hydrogen) atoms. The molecule has 0 saturated carbocycles. The minimum absolute atomic E-state index is 0.875. The van der Waals surface area contributed by atoms with Gasteiger partial charge in [0.1, 0.15) is 22.3 Å². The van der Waals surface area contributed by atoms with Crippen LogP contribution in [0.3, 0.4) is 0 Å². The Morgan fingerprint density at radius 2 is 0.734 bits per heavy atom. The first-order valence-corrected chi connectivity index (χ1v) is 22.0. The van der Waals surface area contributed by atoms with E-state index in [-0.39, 0.29) is 0 Å². The quantitative estimate of drug-likeness (QED) is 0.131. The summed E-state index contributed by atoms with van der Waals surface area (Å²) in [4.78, 5) is 0. The van der Waals surface area contributed by atoms with Crippen molar-refractivity contribution in [3.05, 3.63) is 218 Å². The van der Waals surface area contributed by atoms with Crippen molar-refractivity contribution in [2.75, 3.05) is 0 Å². The summed E-state index contributed by atoms with van der Waals surface area (Å²) in [7, 11) is 0. The van der Waals surface area contributed by atoms with E-state index in [2.05, 4.69) is 206 Å². The maximum absolute atomic E-state index is 7.00. The molecule has 12 aromatic carbocycles. The molecule has 2 nitrogen and oxygen atoms in total. The van der Waals surface area contributed by atoms with Gasteiger partial charge in [0, 0.05) is 38.2 Å². The molecule has 0 bridgehead atoms. The average molecular weight is 813 g/mol. The molecule has 0 atom stereocenters. The molecule has 2 heteroatoms. The third-order valence-corrected chi connectivity index (χ3v) is 13.7. The van der Waals surface area contributed by atoms with Gasteiger partial charge in [0.2, 0.25) is 0 Å². The first-order valence-electron chi connectivity index (χ1n) is 22.0. The molecule has 0 fully saturated rings. The molecule has 0 amide bonds. The zero-order valence-corrected chi connectivity index (χ0v) is 34.6. The Morgan fingerprint density at radius 1 is 0.234 bits per heavy atom. The molecule has 2 heterocycles. The highest BCUT2D eigenvalue weighted by atomic mass is 16.3. The molecule has 0 radical (unpaired) electrons. The Balaban J connectivity index is 0.978. The molecule has 0 spiro atoms. The standard InChI is InChI=1S/C62H36O2/c1-2-14-40-36-55-41(35-39(40)13-1)31-32-45-44(55)22-12-23-47(45)58-48-16-3-5-18-50(48)59(51-19-6-4-17-49(51)58)54-34-33-42(60-53-20-8-10-26-57(53)64-62(54)60)37-27-29-38(30-28-37)43-21-11-24-52-46-15-7-9-25-56(46)63-61(43)52/h1-36H. The molecule has 0 aliphatic rings. The van der Waals surface area contributed by atoms with Gasteiger partial charge in [0.15, 0.2) is 0 Å². The smallest absolute Gasteiger partial charge is 0.143 e. The monoisotopic (exact) mass is 812 g/mol. The number of hydrogen-bond acceptors (Lipinski definition) is 2. The van der Waals surface area contributed by atoms with Crippen molar-refractivity contribution in [3.8, 4) is 44.5 Å². The third-order valence-electron chi connectivity index (χ3n) is 13.7. The predicted octanol–water partition coefficient (Wildman–Crippen LogP) is 17.9. The van der Waals surface area contributed by atoms with Crippen molar-refractivity contribution in [2.45, 2.75) is 0 Å². The summed E-state index contributed by atoms with van der Waals surface area (Å²) < 4.78 is 13.4. The summed E-state index contributed by atoms with van der Waals surface area (Å²) in [6, 6.07) is 79.3. The Bertz CT molecular complexity index is 4180. The molecular weight excluding hydrogens is 777 g/mol. The average Bonchev–Trinajstić information content (AvgIpc) is 3.94. The van der Waals surface area contributed by atoms with E-state index in [1.807, 2.05) is 12.1 Å². The van der Waals surface area contributed by atoms with Crippen LogP contribution >= 0.6 is 0 Å². The normalized spacial score (nSPS) is 12.1. The van der Waals surface area contributed by atoms with Gasteiger partial charge < -0.3 is 8.83 Å². The van der Waals surface area contributed by atoms with Crippen LogP contribution in [0.1, 0.15) is 0 Å². The highest BCUT2D eigenvalue weighted by molar-refractivity contribution is 6.28. The first kappa shape index (κ1) is 35.2. The van der Waals surface area contributed by atoms with Crippen LogP contribution in [0.2, 0.25) is 0 Å². The van der Waals surface area contributed by atoms with Crippen LogP contribution in [0.15, 0.2) is 227 Å². The second-order valence-electron chi connectivity index (χ2n) is 17.0. The Labute approximate surface area is 367 Å². The van der Waals surface area contributed by atoms with Gasteiger partial charge in [-0.1, -0.05) is 188 Å². The lowest BCUT2D eigenvalue weighted by molar-refractivity contribution is 0.669. The largest absolute Gasteiger partial charge is 0.455 e. The third kappa shape index (κ3) is 5.08. The molecule has 0 aliphatic heterocycles. The highest BCUT2D eigenvalue weighted by Crippen LogP contribution is 2.50. The zero-order chi connectivity index (χ0) is 41.9. The summed E-state index contributed by atoms with van der Waals surface area (Å²) in [6.07, 6.45) is 0. The van der Waals surface area contributed by atoms with Crippen molar-refractivity contribution < 1.29 is 8.83 Å². The van der Waals surface area contributed by atoms with Crippen molar-refractivity contribution in [1.82, 2.24) is 0 Å². The topological polar surface area (TPSA) is 26.3 Å². The van der Waals surface area contributed by atoms with Gasteiger partial charge in [-0.05, 0) is 112 Å². The number of benzene rings is 12. The van der Waals surface area contributed by atoms with E-state index in [1.54, 1.807) is 0 Å². The van der Waals surface area contributed by atoms with Gasteiger partial charge in [-0.3, -0.25) is 0 Å². The molecule has 296 valence electrons. The summed E-state index contributed by atoms with van der Waals surface area (Å²) in [5, 5.41) is 16.8. The second-order valence-corrected chi connectivity index (χ2v) is 17.0. The number of hydrogen-bond donors (Lipinski definition) is 0. The molecular formula is C62H36O2. The van der Waals surface area contributed by atoms with Crippen LogP contribution in [0.25, 0.3) is 142 Å². The van der Waals surface area contributed by atoms with Gasteiger partial charge >= 0.3 is 0 Å². The maximum atomic E-state index is 7.00. The fraction of sp³-hybridized carbons (Fsp3) is 0. The van der Waals surface area contributed by atoms with Gasteiger partial charge in [0.25, 0.3) is 0 Å². The lowest BCUT2D eigenvalue weighted by Crippen LogP contribution is -1.92. The van der Waals surface area contributed by atoms with Crippen LogP contribution < -0.4 is 0 Å². The summed E-state index contributed by atoms with van der Waals surface area (Å²) >= 11 is 0. The van der Waals surface area contributed by atoms with Crippen molar-refractivity contribution in [3.63, 3.8) is 0 Å². The number of rotatable bonds is 4. The lowest BCUT2D eigenvalue weighted by atomic mass is 9.83. The summed E-state index contributed by atoms with van der Waals surface area (Å²) in [5.74, 6) is 0. The van der Waals surface area contributed by atoms with Crippen molar-refractivity contribution in [1.29, 1.82) is 0 Å². The number of furan rings is 2. The van der Waals surface area contributed by atoms with E-state index in [4.69, 9.17) is 8.83 Å². The molecule has 0 unspecified atom stereocenters. The maximum Gasteiger partial charge on any atom is 0.143 e.